The highest BCUT2D eigenvalue weighted by Crippen LogP contribution is 2.34. The lowest BCUT2D eigenvalue weighted by molar-refractivity contribution is 0.0947. The number of aromatic nitrogens is 3. The number of fused-ring (bicyclic) bond motifs is 2. The van der Waals surface area contributed by atoms with Crippen LogP contribution in [0.2, 0.25) is 0 Å². The summed E-state index contributed by atoms with van der Waals surface area (Å²) in [6.07, 6.45) is 4.69. The van der Waals surface area contributed by atoms with Gasteiger partial charge in [0.1, 0.15) is 5.82 Å². The van der Waals surface area contributed by atoms with Gasteiger partial charge in [-0.25, -0.2) is 4.98 Å². The van der Waals surface area contributed by atoms with Crippen molar-refractivity contribution < 1.29 is 4.79 Å². The van der Waals surface area contributed by atoms with Gasteiger partial charge < -0.3 is 25.3 Å². The second-order valence-corrected chi connectivity index (χ2v) is 13.7. The SMILES string of the molecule is CCN1CCN(C(C)c2c(C)c(C(=O)NCc3c4c(c(C)[nH]c3=O)CN(CC(C)C)CC4)cc3c(-c4ccc(N)nc4)ccn23)CC1. The zero-order valence-corrected chi connectivity index (χ0v) is 28.8. The predicted molar refractivity (Wildman–Crippen MR) is 189 cm³/mol. The van der Waals surface area contributed by atoms with Crippen LogP contribution < -0.4 is 16.6 Å². The molecule has 2 aliphatic heterocycles. The molecule has 4 aromatic rings. The molecular weight excluding hydrogens is 588 g/mol. The van der Waals surface area contributed by atoms with Crippen molar-refractivity contribution in [1.29, 1.82) is 0 Å². The highest BCUT2D eigenvalue weighted by molar-refractivity contribution is 5.98. The van der Waals surface area contributed by atoms with Crippen molar-refractivity contribution >= 4 is 17.2 Å². The molecule has 0 aliphatic carbocycles. The number of hydrogen-bond donors (Lipinski definition) is 3. The molecule has 1 fully saturated rings. The Hall–Kier alpha value is -3.99. The Balaban J connectivity index is 1.35. The first-order valence-corrected chi connectivity index (χ1v) is 17.1. The lowest BCUT2D eigenvalue weighted by Crippen LogP contribution is -2.47. The first kappa shape index (κ1) is 32.9. The second-order valence-electron chi connectivity index (χ2n) is 13.7. The smallest absolute Gasteiger partial charge is 0.253 e. The van der Waals surface area contributed by atoms with Crippen molar-refractivity contribution in [3.05, 3.63) is 86.2 Å². The molecule has 1 atom stereocenters. The van der Waals surface area contributed by atoms with Crippen molar-refractivity contribution in [3.63, 3.8) is 0 Å². The van der Waals surface area contributed by atoms with Gasteiger partial charge >= 0.3 is 0 Å². The first-order valence-electron chi connectivity index (χ1n) is 17.1. The third kappa shape index (κ3) is 6.59. The molecule has 6 rings (SSSR count). The molecule has 0 bridgehead atoms. The third-order valence-electron chi connectivity index (χ3n) is 10.3. The normalized spacial score (nSPS) is 16.9. The van der Waals surface area contributed by atoms with Gasteiger partial charge in [-0.3, -0.25) is 19.4 Å². The lowest BCUT2D eigenvalue weighted by Gasteiger charge is -2.38. The highest BCUT2D eigenvalue weighted by atomic mass is 16.1. The van der Waals surface area contributed by atoms with E-state index >= 15 is 0 Å². The molecular formula is C37H50N8O2. The quantitative estimate of drug-likeness (QED) is 0.247. The van der Waals surface area contributed by atoms with Crippen LogP contribution in [0.3, 0.4) is 0 Å². The minimum absolute atomic E-state index is 0.0924. The van der Waals surface area contributed by atoms with Crippen LogP contribution >= 0.6 is 0 Å². The number of anilines is 1. The zero-order chi connectivity index (χ0) is 33.4. The molecule has 0 saturated carbocycles. The Morgan fingerprint density at radius 1 is 1.04 bits per heavy atom. The number of nitrogens with one attached hydrogen (secondary N) is 2. The Bertz CT molecular complexity index is 1820. The second kappa shape index (κ2) is 13.6. The van der Waals surface area contributed by atoms with Gasteiger partial charge in [-0.05, 0) is 80.6 Å². The number of nitrogens with zero attached hydrogens (tertiary/aromatic N) is 5. The number of carbonyl (C=O) groups is 1. The van der Waals surface area contributed by atoms with Gasteiger partial charge in [0.15, 0.2) is 0 Å². The summed E-state index contributed by atoms with van der Waals surface area (Å²) >= 11 is 0. The zero-order valence-electron chi connectivity index (χ0n) is 28.8. The average molecular weight is 639 g/mol. The Labute approximate surface area is 278 Å². The summed E-state index contributed by atoms with van der Waals surface area (Å²) in [5.41, 5.74) is 15.2. The predicted octanol–water partition coefficient (Wildman–Crippen LogP) is 4.53. The molecule has 0 spiro atoms. The standard InChI is InChI=1S/C37H50N8O2/c1-7-42-14-16-44(17-15-42)26(6)35-24(4)30(18-33-28(11-13-45(33)35)27-8-9-34(38)39-19-27)36(46)40-20-31-29-10-12-43(21-23(2)3)22-32(29)25(5)41-37(31)47/h8-9,11,13,18-19,23,26H,7,10,12,14-17,20-22H2,1-6H3,(H2,38,39)(H,40,46)(H,41,47). The number of amides is 1. The maximum absolute atomic E-state index is 14.2. The maximum atomic E-state index is 14.2. The van der Waals surface area contributed by atoms with E-state index in [9.17, 15) is 9.59 Å². The first-order chi connectivity index (χ1) is 22.5. The number of carbonyl (C=O) groups excluding carboxylic acids is 1. The Morgan fingerprint density at radius 3 is 2.49 bits per heavy atom. The Kier molecular flexibility index (Phi) is 9.55. The summed E-state index contributed by atoms with van der Waals surface area (Å²) in [4.78, 5) is 42.3. The number of nitrogen functional groups attached to an aromatic ring is 1. The third-order valence-corrected chi connectivity index (χ3v) is 10.3. The molecule has 1 saturated heterocycles. The van der Waals surface area contributed by atoms with Gasteiger partial charge in [0, 0.05) is 104 Å². The van der Waals surface area contributed by atoms with Crippen molar-refractivity contribution in [3.8, 4) is 11.1 Å². The van der Waals surface area contributed by atoms with Gasteiger partial charge in [-0.1, -0.05) is 20.8 Å². The molecule has 0 aromatic carbocycles. The van der Waals surface area contributed by atoms with Crippen LogP contribution in [0.25, 0.3) is 16.6 Å². The number of aromatic amines is 1. The molecule has 10 heteroatoms. The number of piperazine rings is 1. The molecule has 4 aromatic heterocycles. The molecule has 250 valence electrons. The maximum Gasteiger partial charge on any atom is 0.253 e. The van der Waals surface area contributed by atoms with Crippen LogP contribution in [-0.2, 0) is 19.5 Å². The van der Waals surface area contributed by atoms with Gasteiger partial charge in [0.05, 0.1) is 5.52 Å². The van der Waals surface area contributed by atoms with Gasteiger partial charge in [0.2, 0.25) is 0 Å². The number of H-pyrrole nitrogens is 1. The van der Waals surface area contributed by atoms with Crippen LogP contribution in [0.5, 0.6) is 0 Å². The number of aryl methyl sites for hydroxylation is 1. The van der Waals surface area contributed by atoms with Crippen LogP contribution in [0.4, 0.5) is 5.82 Å². The molecule has 6 heterocycles. The number of pyridine rings is 3. The van der Waals surface area contributed by atoms with E-state index in [0.29, 0.717) is 22.9 Å². The van der Waals surface area contributed by atoms with E-state index in [1.807, 2.05) is 19.1 Å². The van der Waals surface area contributed by atoms with Crippen LogP contribution in [-0.4, -0.2) is 80.8 Å². The minimum Gasteiger partial charge on any atom is -0.384 e. The van der Waals surface area contributed by atoms with E-state index in [1.165, 1.54) is 5.56 Å². The lowest BCUT2D eigenvalue weighted by atomic mass is 9.93. The fourth-order valence-corrected chi connectivity index (χ4v) is 7.64. The van der Waals surface area contributed by atoms with Gasteiger partial charge in [-0.2, -0.15) is 0 Å². The van der Waals surface area contributed by atoms with Crippen molar-refractivity contribution in [2.75, 3.05) is 51.5 Å². The molecule has 2 aliphatic rings. The topological polar surface area (TPSA) is 115 Å². The number of rotatable bonds is 9. The fourth-order valence-electron chi connectivity index (χ4n) is 7.64. The van der Waals surface area contributed by atoms with E-state index in [1.54, 1.807) is 12.3 Å². The van der Waals surface area contributed by atoms with Crippen molar-refractivity contribution in [1.82, 2.24) is 34.4 Å². The number of nitrogens with two attached hydrogens (primary N) is 1. The van der Waals surface area contributed by atoms with Crippen LogP contribution in [0, 0.1) is 19.8 Å². The van der Waals surface area contributed by atoms with E-state index in [4.69, 9.17) is 5.73 Å². The Morgan fingerprint density at radius 2 is 1.81 bits per heavy atom. The van der Waals surface area contributed by atoms with Crippen molar-refractivity contribution in [2.45, 2.75) is 67.1 Å². The summed E-state index contributed by atoms with van der Waals surface area (Å²) in [7, 11) is 0. The molecule has 1 amide bonds. The number of likely N-dealkylation sites (N-methyl/N-ethyl adjacent to an activating group) is 1. The average Bonchev–Trinajstić information content (AvgIpc) is 3.47. The fraction of sp³-hybridized carbons (Fsp3) is 0.486. The molecule has 0 radical (unpaired) electrons. The molecule has 10 nitrogen and oxygen atoms in total. The number of hydrogen-bond acceptors (Lipinski definition) is 7. The van der Waals surface area contributed by atoms with E-state index in [2.05, 4.69) is 81.3 Å². The van der Waals surface area contributed by atoms with E-state index in [0.717, 1.165) is 97.9 Å². The summed E-state index contributed by atoms with van der Waals surface area (Å²) < 4.78 is 2.23. The van der Waals surface area contributed by atoms with Crippen molar-refractivity contribution in [2.24, 2.45) is 5.92 Å². The molecule has 47 heavy (non-hydrogen) atoms. The highest BCUT2D eigenvalue weighted by Gasteiger charge is 2.28. The summed E-state index contributed by atoms with van der Waals surface area (Å²) in [5.74, 6) is 0.863. The van der Waals surface area contributed by atoms with E-state index in [-0.39, 0.29) is 24.1 Å². The summed E-state index contributed by atoms with van der Waals surface area (Å²) in [6.45, 7) is 21.0. The van der Waals surface area contributed by atoms with E-state index < -0.39 is 0 Å². The monoisotopic (exact) mass is 638 g/mol. The summed E-state index contributed by atoms with van der Waals surface area (Å²) in [6, 6.07) is 7.95. The largest absolute Gasteiger partial charge is 0.384 e. The van der Waals surface area contributed by atoms with Gasteiger partial charge in [-0.15, -0.1) is 0 Å². The summed E-state index contributed by atoms with van der Waals surface area (Å²) in [5, 5.41) is 3.16. The van der Waals surface area contributed by atoms with Crippen LogP contribution in [0.15, 0.2) is 41.5 Å². The molecule has 1 unspecified atom stereocenters. The minimum atomic E-state index is -0.178. The van der Waals surface area contributed by atoms with Gasteiger partial charge in [0.25, 0.3) is 11.5 Å². The van der Waals surface area contributed by atoms with Crippen LogP contribution in [0.1, 0.15) is 77.7 Å². The molecule has 4 N–H and O–H groups in total.